The van der Waals surface area contributed by atoms with Crippen LogP contribution in [0.2, 0.25) is 0 Å². The van der Waals surface area contributed by atoms with Crippen LogP contribution in [0.4, 0.5) is 4.79 Å². The van der Waals surface area contributed by atoms with Crippen molar-refractivity contribution in [2.45, 2.75) is 104 Å². The van der Waals surface area contributed by atoms with E-state index in [1.807, 2.05) is 20.8 Å². The summed E-state index contributed by atoms with van der Waals surface area (Å²) in [7, 11) is 0. The lowest BCUT2D eigenvalue weighted by atomic mass is 10.0. The van der Waals surface area contributed by atoms with Gasteiger partial charge in [-0.05, 0) is 72.8 Å². The molecule has 0 rings (SSSR count). The summed E-state index contributed by atoms with van der Waals surface area (Å²) in [6, 6.07) is -1.72. The molecule has 2 unspecified atom stereocenters. The summed E-state index contributed by atoms with van der Waals surface area (Å²) in [5.74, 6) is -2.40. The zero-order chi connectivity index (χ0) is 37.3. The SMILES string of the molecule is CCC(C)(C)OC(=O)NC(C(=O)NCCOCCOCC(=O)NCCOCCOCC(=O)NC(CCCCNC(C)(C)C)C(=O)O)C(C)C. The molecule has 286 valence electrons. The Morgan fingerprint density at radius 1 is 0.694 bits per heavy atom. The van der Waals surface area contributed by atoms with E-state index in [0.717, 1.165) is 13.0 Å². The van der Waals surface area contributed by atoms with Gasteiger partial charge in [-0.15, -0.1) is 0 Å². The Bertz CT molecular complexity index is 973. The van der Waals surface area contributed by atoms with Gasteiger partial charge in [-0.2, -0.15) is 0 Å². The minimum absolute atomic E-state index is 0.00143. The second kappa shape index (κ2) is 25.9. The van der Waals surface area contributed by atoms with Crippen LogP contribution in [0.5, 0.6) is 0 Å². The van der Waals surface area contributed by atoms with E-state index in [-0.39, 0.29) is 89.2 Å². The molecular formula is C33H63N5O11. The van der Waals surface area contributed by atoms with Crippen molar-refractivity contribution in [1.29, 1.82) is 0 Å². The topological polar surface area (TPSA) is 212 Å². The predicted octanol–water partition coefficient (Wildman–Crippen LogP) is 1.35. The highest BCUT2D eigenvalue weighted by Gasteiger charge is 2.27. The molecule has 0 heterocycles. The van der Waals surface area contributed by atoms with E-state index in [1.54, 1.807) is 13.8 Å². The number of hydrogen-bond donors (Lipinski definition) is 6. The lowest BCUT2D eigenvalue weighted by Gasteiger charge is -2.27. The number of alkyl carbamates (subject to hydrolysis) is 1. The van der Waals surface area contributed by atoms with E-state index in [1.165, 1.54) is 0 Å². The third-order valence-corrected chi connectivity index (χ3v) is 6.98. The van der Waals surface area contributed by atoms with Crippen molar-refractivity contribution in [3.63, 3.8) is 0 Å². The summed E-state index contributed by atoms with van der Waals surface area (Å²) in [6.45, 7) is 17.3. The van der Waals surface area contributed by atoms with Gasteiger partial charge in [-0.3, -0.25) is 14.4 Å². The molecule has 0 saturated carbocycles. The number of unbranched alkanes of at least 4 members (excludes halogenated alkanes) is 1. The minimum atomic E-state index is -1.08. The Kier molecular flexibility index (Phi) is 24.2. The number of carboxylic acids is 1. The highest BCUT2D eigenvalue weighted by Crippen LogP contribution is 2.14. The van der Waals surface area contributed by atoms with Gasteiger partial charge < -0.3 is 55.4 Å². The van der Waals surface area contributed by atoms with Crippen LogP contribution in [0.1, 0.15) is 81.1 Å². The van der Waals surface area contributed by atoms with Gasteiger partial charge in [-0.1, -0.05) is 20.8 Å². The molecule has 16 nitrogen and oxygen atoms in total. The van der Waals surface area contributed by atoms with E-state index < -0.39 is 35.7 Å². The Morgan fingerprint density at radius 3 is 1.78 bits per heavy atom. The van der Waals surface area contributed by atoms with Gasteiger partial charge >= 0.3 is 12.1 Å². The van der Waals surface area contributed by atoms with Crippen LogP contribution in [-0.4, -0.2) is 131 Å². The molecule has 4 amide bonds. The third-order valence-electron chi connectivity index (χ3n) is 6.98. The van der Waals surface area contributed by atoms with Gasteiger partial charge in [0.05, 0.1) is 39.6 Å². The van der Waals surface area contributed by atoms with E-state index in [9.17, 15) is 29.1 Å². The summed E-state index contributed by atoms with van der Waals surface area (Å²) >= 11 is 0. The molecule has 0 spiro atoms. The molecule has 0 fully saturated rings. The molecule has 0 aliphatic rings. The molecule has 0 aromatic carbocycles. The molecule has 16 heteroatoms. The number of carbonyl (C=O) groups is 5. The van der Waals surface area contributed by atoms with E-state index in [4.69, 9.17) is 23.7 Å². The van der Waals surface area contributed by atoms with Crippen molar-refractivity contribution in [2.75, 3.05) is 72.5 Å². The molecule has 0 bridgehead atoms. The summed E-state index contributed by atoms with van der Waals surface area (Å²) in [5, 5.41) is 23.2. The number of hydrogen-bond acceptors (Lipinski definition) is 11. The first-order valence-corrected chi connectivity index (χ1v) is 17.1. The zero-order valence-electron chi connectivity index (χ0n) is 30.9. The maximum absolute atomic E-state index is 12.5. The molecule has 2 atom stereocenters. The lowest BCUT2D eigenvalue weighted by Crippen LogP contribution is -2.51. The Balaban J connectivity index is 3.85. The number of carboxylic acid groups (broad SMARTS) is 1. The van der Waals surface area contributed by atoms with E-state index >= 15 is 0 Å². The number of nitrogens with one attached hydrogen (secondary N) is 5. The maximum atomic E-state index is 12.5. The van der Waals surface area contributed by atoms with Crippen molar-refractivity contribution < 1.29 is 52.8 Å². The smallest absolute Gasteiger partial charge is 0.408 e. The second-order valence-electron chi connectivity index (χ2n) is 13.5. The monoisotopic (exact) mass is 705 g/mol. The number of rotatable bonds is 28. The van der Waals surface area contributed by atoms with Gasteiger partial charge in [0.1, 0.15) is 30.9 Å². The molecular weight excluding hydrogens is 642 g/mol. The van der Waals surface area contributed by atoms with E-state index in [2.05, 4.69) is 47.4 Å². The normalized spacial score (nSPS) is 13.0. The van der Waals surface area contributed by atoms with Crippen molar-refractivity contribution in [2.24, 2.45) is 5.92 Å². The summed E-state index contributed by atoms with van der Waals surface area (Å²) in [6.07, 6.45) is 1.79. The fourth-order valence-corrected chi connectivity index (χ4v) is 3.88. The van der Waals surface area contributed by atoms with Gasteiger partial charge in [0, 0.05) is 18.6 Å². The van der Waals surface area contributed by atoms with Gasteiger partial charge in [0.25, 0.3) is 0 Å². The second-order valence-corrected chi connectivity index (χ2v) is 13.5. The van der Waals surface area contributed by atoms with Crippen LogP contribution >= 0.6 is 0 Å². The summed E-state index contributed by atoms with van der Waals surface area (Å²) in [5.41, 5.74) is -0.631. The van der Waals surface area contributed by atoms with Crippen LogP contribution < -0.4 is 26.6 Å². The predicted molar refractivity (Wildman–Crippen MR) is 183 cm³/mol. The highest BCUT2D eigenvalue weighted by atomic mass is 16.6. The van der Waals surface area contributed by atoms with Gasteiger partial charge in [0.2, 0.25) is 17.7 Å². The average molecular weight is 706 g/mol. The van der Waals surface area contributed by atoms with Crippen LogP contribution in [-0.2, 0) is 42.9 Å². The van der Waals surface area contributed by atoms with Crippen LogP contribution in [0, 0.1) is 5.92 Å². The largest absolute Gasteiger partial charge is 0.480 e. The first-order chi connectivity index (χ1) is 23.0. The molecule has 0 aliphatic heterocycles. The maximum Gasteiger partial charge on any atom is 0.408 e. The molecule has 49 heavy (non-hydrogen) atoms. The molecule has 0 radical (unpaired) electrons. The van der Waals surface area contributed by atoms with Crippen LogP contribution in [0.3, 0.4) is 0 Å². The average Bonchev–Trinajstić information content (AvgIpc) is 3.00. The van der Waals surface area contributed by atoms with Gasteiger partial charge in [-0.25, -0.2) is 9.59 Å². The fraction of sp³-hybridized carbons (Fsp3) is 0.848. The molecule has 0 aromatic rings. The van der Waals surface area contributed by atoms with E-state index in [0.29, 0.717) is 19.3 Å². The number of aliphatic carboxylic acids is 1. The Hall–Kier alpha value is -3.05. The first-order valence-electron chi connectivity index (χ1n) is 17.1. The number of amides is 4. The highest BCUT2D eigenvalue weighted by molar-refractivity contribution is 5.86. The third kappa shape index (κ3) is 26.5. The van der Waals surface area contributed by atoms with Gasteiger partial charge in [0.15, 0.2) is 0 Å². The fourth-order valence-electron chi connectivity index (χ4n) is 3.88. The Labute approximate surface area is 291 Å². The number of ether oxygens (including phenoxy) is 5. The summed E-state index contributed by atoms with van der Waals surface area (Å²) in [4.78, 5) is 60.1. The lowest BCUT2D eigenvalue weighted by molar-refractivity contribution is -0.142. The Morgan fingerprint density at radius 2 is 1.24 bits per heavy atom. The molecule has 0 saturated heterocycles. The minimum Gasteiger partial charge on any atom is -0.480 e. The van der Waals surface area contributed by atoms with Crippen molar-refractivity contribution >= 4 is 29.8 Å². The molecule has 6 N–H and O–H groups in total. The van der Waals surface area contributed by atoms with Crippen molar-refractivity contribution in [1.82, 2.24) is 26.6 Å². The van der Waals surface area contributed by atoms with Crippen molar-refractivity contribution in [3.05, 3.63) is 0 Å². The standard InChI is InChI=1S/C33H63N5O11/c1-9-33(7,8)49-31(44)38-28(24(2)3)29(41)35-15-17-46-18-20-47-22-26(39)34-14-16-45-19-21-48-23-27(40)37-25(30(42)43)12-10-11-13-36-32(4,5)6/h24-25,28,36H,9-23H2,1-8H3,(H,34,39)(H,35,41)(H,37,40)(H,38,44)(H,42,43). The van der Waals surface area contributed by atoms with Crippen LogP contribution in [0.25, 0.3) is 0 Å². The van der Waals surface area contributed by atoms with Crippen molar-refractivity contribution in [3.8, 4) is 0 Å². The quantitative estimate of drug-likeness (QED) is 0.0637. The first kappa shape index (κ1) is 46.0. The molecule has 0 aliphatic carbocycles. The summed E-state index contributed by atoms with van der Waals surface area (Å²) < 4.78 is 26.7. The number of carbonyl (C=O) groups excluding carboxylic acids is 4. The zero-order valence-corrected chi connectivity index (χ0v) is 30.9. The van der Waals surface area contributed by atoms with Crippen LogP contribution in [0.15, 0.2) is 0 Å². The molecule has 0 aromatic heterocycles.